The molecule has 2 N–H and O–H groups in total. The van der Waals surface area contributed by atoms with Gasteiger partial charge in [-0.1, -0.05) is 6.07 Å². The minimum absolute atomic E-state index is 0. The van der Waals surface area contributed by atoms with E-state index in [0.29, 0.717) is 12.2 Å². The first-order valence-electron chi connectivity index (χ1n) is 5.73. The predicted octanol–water partition coefficient (Wildman–Crippen LogP) is 3.05. The van der Waals surface area contributed by atoms with Gasteiger partial charge in [-0.3, -0.25) is 4.79 Å². The lowest BCUT2D eigenvalue weighted by Crippen LogP contribution is -2.26. The smallest absolute Gasteiger partial charge is 0.270 e. The molecule has 0 aliphatic heterocycles. The number of hydrogen-bond acceptors (Lipinski definition) is 5. The molecule has 0 aliphatic rings. The second kappa shape index (κ2) is 10.1. The molecule has 0 aliphatic carbocycles. The number of aromatic nitrogens is 1. The van der Waals surface area contributed by atoms with E-state index >= 15 is 0 Å². The summed E-state index contributed by atoms with van der Waals surface area (Å²) in [6.45, 7) is 1.57. The highest BCUT2D eigenvalue weighted by atomic mass is 35.5. The van der Waals surface area contributed by atoms with Crippen LogP contribution in [0.25, 0.3) is 9.88 Å². The van der Waals surface area contributed by atoms with Crippen molar-refractivity contribution < 1.29 is 4.79 Å². The summed E-state index contributed by atoms with van der Waals surface area (Å²) in [6, 6.07) is 4.00. The molecule has 0 radical (unpaired) electrons. The minimum atomic E-state index is -0.0924. The Kier molecular flexibility index (Phi) is 9.79. The van der Waals surface area contributed by atoms with Crippen molar-refractivity contribution in [1.29, 1.82) is 0 Å². The maximum atomic E-state index is 11.8. The van der Waals surface area contributed by atoms with Crippen LogP contribution in [0.3, 0.4) is 0 Å². The normalized spacial score (nSPS) is 9.45. The van der Waals surface area contributed by atoms with Crippen LogP contribution in [0.4, 0.5) is 0 Å². The SMILES string of the molecule is CNCCCNC(=O)c1csc(-c2cccs2)n1.Cl.Cl. The van der Waals surface area contributed by atoms with Crippen molar-refractivity contribution in [2.75, 3.05) is 20.1 Å². The monoisotopic (exact) mass is 353 g/mol. The van der Waals surface area contributed by atoms with E-state index in [1.807, 2.05) is 29.9 Å². The summed E-state index contributed by atoms with van der Waals surface area (Å²) in [6.07, 6.45) is 0.921. The zero-order valence-corrected chi connectivity index (χ0v) is 14.2. The van der Waals surface area contributed by atoms with Gasteiger partial charge in [-0.25, -0.2) is 4.98 Å². The average molecular weight is 354 g/mol. The van der Waals surface area contributed by atoms with Gasteiger partial charge in [0.2, 0.25) is 0 Å². The van der Waals surface area contributed by atoms with Gasteiger partial charge < -0.3 is 10.6 Å². The highest BCUT2D eigenvalue weighted by molar-refractivity contribution is 7.20. The van der Waals surface area contributed by atoms with Gasteiger partial charge in [0.1, 0.15) is 10.7 Å². The van der Waals surface area contributed by atoms with E-state index in [2.05, 4.69) is 15.6 Å². The van der Waals surface area contributed by atoms with Crippen LogP contribution >= 0.6 is 47.5 Å². The summed E-state index contributed by atoms with van der Waals surface area (Å²) in [4.78, 5) is 17.3. The molecule has 2 rings (SSSR count). The molecule has 2 heterocycles. The highest BCUT2D eigenvalue weighted by Crippen LogP contribution is 2.27. The molecule has 0 atom stereocenters. The molecule has 0 fully saturated rings. The third-order valence-electron chi connectivity index (χ3n) is 2.36. The highest BCUT2D eigenvalue weighted by Gasteiger charge is 2.11. The summed E-state index contributed by atoms with van der Waals surface area (Å²) in [5.74, 6) is -0.0924. The fourth-order valence-corrected chi connectivity index (χ4v) is 3.06. The summed E-state index contributed by atoms with van der Waals surface area (Å²) >= 11 is 3.14. The van der Waals surface area contributed by atoms with Gasteiger partial charge in [-0.05, 0) is 31.5 Å². The third kappa shape index (κ3) is 5.38. The zero-order valence-electron chi connectivity index (χ0n) is 10.9. The fraction of sp³-hybridized carbons (Fsp3) is 0.333. The Labute approximate surface area is 138 Å². The van der Waals surface area contributed by atoms with Gasteiger partial charge in [0.25, 0.3) is 5.91 Å². The maximum Gasteiger partial charge on any atom is 0.270 e. The summed E-state index contributed by atoms with van der Waals surface area (Å²) < 4.78 is 0. The van der Waals surface area contributed by atoms with Gasteiger partial charge in [-0.15, -0.1) is 47.5 Å². The molecule has 0 aromatic carbocycles. The number of carbonyl (C=O) groups excluding carboxylic acids is 1. The quantitative estimate of drug-likeness (QED) is 0.784. The van der Waals surface area contributed by atoms with Crippen molar-refractivity contribution in [2.24, 2.45) is 0 Å². The number of amides is 1. The Morgan fingerprint density at radius 1 is 1.30 bits per heavy atom. The molecule has 20 heavy (non-hydrogen) atoms. The number of nitrogens with zero attached hydrogens (tertiary/aromatic N) is 1. The van der Waals surface area contributed by atoms with E-state index in [4.69, 9.17) is 0 Å². The molecule has 0 saturated heterocycles. The minimum Gasteiger partial charge on any atom is -0.351 e. The van der Waals surface area contributed by atoms with E-state index in [0.717, 1.165) is 22.9 Å². The molecule has 2 aromatic rings. The van der Waals surface area contributed by atoms with Gasteiger partial charge >= 0.3 is 0 Å². The van der Waals surface area contributed by atoms with Gasteiger partial charge in [-0.2, -0.15) is 0 Å². The number of halogens is 2. The standard InChI is InChI=1S/C12H15N3OS2.2ClH/c1-13-5-3-6-14-11(16)9-8-18-12(15-9)10-4-2-7-17-10;;/h2,4,7-8,13H,3,5-6H2,1H3,(H,14,16);2*1H. The van der Waals surface area contributed by atoms with Crippen LogP contribution in [0.5, 0.6) is 0 Å². The molecule has 1 amide bonds. The van der Waals surface area contributed by atoms with Crippen LogP contribution < -0.4 is 10.6 Å². The number of carbonyl (C=O) groups is 1. The molecule has 0 saturated carbocycles. The van der Waals surface area contributed by atoms with Crippen molar-refractivity contribution >= 4 is 53.4 Å². The summed E-state index contributed by atoms with van der Waals surface area (Å²) in [7, 11) is 1.90. The van der Waals surface area contributed by atoms with Crippen molar-refractivity contribution in [3.8, 4) is 9.88 Å². The topological polar surface area (TPSA) is 54.0 Å². The Hall–Kier alpha value is -0.660. The first-order valence-corrected chi connectivity index (χ1v) is 7.49. The Morgan fingerprint density at radius 2 is 2.10 bits per heavy atom. The second-order valence-electron chi connectivity index (χ2n) is 3.73. The number of thiazole rings is 1. The van der Waals surface area contributed by atoms with E-state index in [1.54, 1.807) is 11.3 Å². The Balaban J connectivity index is 0.00000180. The van der Waals surface area contributed by atoms with E-state index in [9.17, 15) is 4.79 Å². The molecule has 8 heteroatoms. The first-order chi connectivity index (χ1) is 8.81. The van der Waals surface area contributed by atoms with Crippen LogP contribution in [-0.2, 0) is 0 Å². The van der Waals surface area contributed by atoms with Crippen molar-refractivity contribution in [3.63, 3.8) is 0 Å². The molecule has 0 bridgehead atoms. The molecule has 0 spiro atoms. The third-order valence-corrected chi connectivity index (χ3v) is 4.24. The number of thiophene rings is 1. The van der Waals surface area contributed by atoms with Crippen molar-refractivity contribution in [2.45, 2.75) is 6.42 Å². The van der Waals surface area contributed by atoms with Crippen LogP contribution in [-0.4, -0.2) is 31.0 Å². The molecule has 0 unspecified atom stereocenters. The fourth-order valence-electron chi connectivity index (χ4n) is 1.45. The van der Waals surface area contributed by atoms with Gasteiger partial charge in [0, 0.05) is 11.9 Å². The second-order valence-corrected chi connectivity index (χ2v) is 5.53. The zero-order chi connectivity index (χ0) is 12.8. The molecular weight excluding hydrogens is 337 g/mol. The van der Waals surface area contributed by atoms with Crippen LogP contribution in [0.1, 0.15) is 16.9 Å². The van der Waals surface area contributed by atoms with Gasteiger partial charge in [0.15, 0.2) is 0 Å². The summed E-state index contributed by atoms with van der Waals surface area (Å²) in [5, 5.41) is 10.6. The van der Waals surface area contributed by atoms with E-state index < -0.39 is 0 Å². The number of nitrogens with one attached hydrogen (secondary N) is 2. The lowest BCUT2D eigenvalue weighted by Gasteiger charge is -2.02. The number of rotatable bonds is 6. The average Bonchev–Trinajstić information content (AvgIpc) is 3.03. The van der Waals surface area contributed by atoms with Gasteiger partial charge in [0.05, 0.1) is 4.88 Å². The van der Waals surface area contributed by atoms with Crippen LogP contribution in [0, 0.1) is 0 Å². The van der Waals surface area contributed by atoms with Crippen LogP contribution in [0.2, 0.25) is 0 Å². The maximum absolute atomic E-state index is 11.8. The Bertz CT molecular complexity index is 503. The molecule has 112 valence electrons. The first kappa shape index (κ1) is 19.3. The van der Waals surface area contributed by atoms with E-state index in [1.165, 1.54) is 11.3 Å². The predicted molar refractivity (Wildman–Crippen MR) is 90.8 cm³/mol. The van der Waals surface area contributed by atoms with Crippen LogP contribution in [0.15, 0.2) is 22.9 Å². The number of hydrogen-bond donors (Lipinski definition) is 2. The van der Waals surface area contributed by atoms with Crippen molar-refractivity contribution in [1.82, 2.24) is 15.6 Å². The van der Waals surface area contributed by atoms with E-state index in [-0.39, 0.29) is 30.7 Å². The van der Waals surface area contributed by atoms with Crippen molar-refractivity contribution in [3.05, 3.63) is 28.6 Å². The summed E-state index contributed by atoms with van der Waals surface area (Å²) in [5.41, 5.74) is 0.507. The Morgan fingerprint density at radius 3 is 2.75 bits per heavy atom. The molecule has 4 nitrogen and oxygen atoms in total. The molecular formula is C12H17Cl2N3OS2. The lowest BCUT2D eigenvalue weighted by molar-refractivity contribution is 0.0949. The largest absolute Gasteiger partial charge is 0.351 e. The lowest BCUT2D eigenvalue weighted by atomic mass is 10.4. The molecule has 2 aromatic heterocycles.